The molecule has 0 aromatic heterocycles. The SMILES string of the molecule is CCC(=O)c1ccc(OCC(=O)NCCOc2cccc(OC)c2)cc1. The third-order valence-electron chi connectivity index (χ3n) is 3.60. The Morgan fingerprint density at radius 2 is 1.69 bits per heavy atom. The Hall–Kier alpha value is -3.02. The van der Waals surface area contributed by atoms with Gasteiger partial charge >= 0.3 is 0 Å². The van der Waals surface area contributed by atoms with Crippen molar-refractivity contribution in [2.24, 2.45) is 0 Å². The summed E-state index contributed by atoms with van der Waals surface area (Å²) < 4.78 is 16.1. The lowest BCUT2D eigenvalue weighted by molar-refractivity contribution is -0.123. The van der Waals surface area contributed by atoms with E-state index in [4.69, 9.17) is 14.2 Å². The Kier molecular flexibility index (Phi) is 7.49. The molecule has 1 N–H and O–H groups in total. The van der Waals surface area contributed by atoms with Crippen LogP contribution in [0.4, 0.5) is 0 Å². The number of nitrogens with one attached hydrogen (secondary N) is 1. The van der Waals surface area contributed by atoms with E-state index in [0.717, 1.165) is 0 Å². The van der Waals surface area contributed by atoms with Crippen molar-refractivity contribution in [1.82, 2.24) is 5.32 Å². The predicted octanol–water partition coefficient (Wildman–Crippen LogP) is 2.86. The summed E-state index contributed by atoms with van der Waals surface area (Å²) in [6, 6.07) is 14.0. The monoisotopic (exact) mass is 357 g/mol. The van der Waals surface area contributed by atoms with Crippen LogP contribution in [0, 0.1) is 0 Å². The van der Waals surface area contributed by atoms with E-state index in [2.05, 4.69) is 5.32 Å². The van der Waals surface area contributed by atoms with Gasteiger partial charge in [0.25, 0.3) is 5.91 Å². The molecule has 2 aromatic carbocycles. The van der Waals surface area contributed by atoms with Crippen LogP contribution in [0.25, 0.3) is 0 Å². The average molecular weight is 357 g/mol. The summed E-state index contributed by atoms with van der Waals surface area (Å²) >= 11 is 0. The van der Waals surface area contributed by atoms with Crippen LogP contribution in [0.3, 0.4) is 0 Å². The smallest absolute Gasteiger partial charge is 0.258 e. The number of benzene rings is 2. The highest BCUT2D eigenvalue weighted by Crippen LogP contribution is 2.18. The van der Waals surface area contributed by atoms with Crippen LogP contribution in [0.5, 0.6) is 17.2 Å². The third kappa shape index (κ3) is 6.12. The summed E-state index contributed by atoms with van der Waals surface area (Å²) in [4.78, 5) is 23.3. The normalized spacial score (nSPS) is 10.1. The molecule has 1 amide bonds. The maximum absolute atomic E-state index is 11.8. The molecule has 0 fully saturated rings. The molecule has 2 rings (SSSR count). The quantitative estimate of drug-likeness (QED) is 0.523. The fourth-order valence-electron chi connectivity index (χ4n) is 2.19. The molecule has 0 saturated carbocycles. The summed E-state index contributed by atoms with van der Waals surface area (Å²) in [5, 5.41) is 2.72. The predicted molar refractivity (Wildman–Crippen MR) is 98.1 cm³/mol. The Morgan fingerprint density at radius 3 is 2.38 bits per heavy atom. The van der Waals surface area contributed by atoms with Crippen LogP contribution < -0.4 is 19.5 Å². The van der Waals surface area contributed by atoms with E-state index >= 15 is 0 Å². The van der Waals surface area contributed by atoms with E-state index in [1.54, 1.807) is 37.4 Å². The summed E-state index contributed by atoms with van der Waals surface area (Å²) in [6.07, 6.45) is 0.459. The maximum atomic E-state index is 11.8. The minimum absolute atomic E-state index is 0.0744. The van der Waals surface area contributed by atoms with Crippen LogP contribution in [-0.2, 0) is 4.79 Å². The summed E-state index contributed by atoms with van der Waals surface area (Å²) in [7, 11) is 1.59. The summed E-state index contributed by atoms with van der Waals surface area (Å²) in [6.45, 7) is 2.42. The Bertz CT molecular complexity index is 727. The zero-order valence-corrected chi connectivity index (χ0v) is 15.0. The minimum atomic E-state index is -0.243. The van der Waals surface area contributed by atoms with E-state index in [1.807, 2.05) is 25.1 Å². The fraction of sp³-hybridized carbons (Fsp3) is 0.300. The lowest BCUT2D eigenvalue weighted by Crippen LogP contribution is -2.32. The molecule has 138 valence electrons. The van der Waals surface area contributed by atoms with Gasteiger partial charge in [0.15, 0.2) is 12.4 Å². The van der Waals surface area contributed by atoms with E-state index in [1.165, 1.54) is 0 Å². The van der Waals surface area contributed by atoms with Crippen molar-refractivity contribution in [2.75, 3.05) is 26.9 Å². The molecule has 6 nitrogen and oxygen atoms in total. The number of hydrogen-bond donors (Lipinski definition) is 1. The van der Waals surface area contributed by atoms with Crippen molar-refractivity contribution in [1.29, 1.82) is 0 Å². The van der Waals surface area contributed by atoms with Gasteiger partial charge < -0.3 is 19.5 Å². The van der Waals surface area contributed by atoms with Crippen LogP contribution in [-0.4, -0.2) is 38.6 Å². The molecule has 0 unspecified atom stereocenters. The van der Waals surface area contributed by atoms with Gasteiger partial charge in [-0.25, -0.2) is 0 Å². The second kappa shape index (κ2) is 10.1. The molecule has 0 heterocycles. The first kappa shape index (κ1) is 19.3. The molecule has 0 saturated heterocycles. The molecule has 6 heteroatoms. The highest BCUT2D eigenvalue weighted by atomic mass is 16.5. The number of carbonyl (C=O) groups excluding carboxylic acids is 2. The number of amides is 1. The second-order valence-electron chi connectivity index (χ2n) is 5.47. The zero-order chi connectivity index (χ0) is 18.8. The first-order valence-electron chi connectivity index (χ1n) is 8.42. The van der Waals surface area contributed by atoms with Crippen LogP contribution >= 0.6 is 0 Å². The molecule has 0 aliphatic heterocycles. The number of hydrogen-bond acceptors (Lipinski definition) is 5. The molecular weight excluding hydrogens is 334 g/mol. The highest BCUT2D eigenvalue weighted by molar-refractivity contribution is 5.95. The van der Waals surface area contributed by atoms with Crippen molar-refractivity contribution >= 4 is 11.7 Å². The zero-order valence-electron chi connectivity index (χ0n) is 15.0. The van der Waals surface area contributed by atoms with Gasteiger partial charge in [-0.1, -0.05) is 13.0 Å². The van der Waals surface area contributed by atoms with Crippen molar-refractivity contribution in [2.45, 2.75) is 13.3 Å². The van der Waals surface area contributed by atoms with Gasteiger partial charge in [-0.05, 0) is 36.4 Å². The van der Waals surface area contributed by atoms with E-state index in [0.29, 0.717) is 42.4 Å². The third-order valence-corrected chi connectivity index (χ3v) is 3.60. The van der Waals surface area contributed by atoms with Gasteiger partial charge in [0.1, 0.15) is 23.9 Å². The van der Waals surface area contributed by atoms with Crippen molar-refractivity contribution in [3.05, 3.63) is 54.1 Å². The number of carbonyl (C=O) groups is 2. The molecule has 26 heavy (non-hydrogen) atoms. The van der Waals surface area contributed by atoms with Gasteiger partial charge in [-0.3, -0.25) is 9.59 Å². The Balaban J connectivity index is 1.66. The van der Waals surface area contributed by atoms with Crippen molar-refractivity contribution in [3.8, 4) is 17.2 Å². The summed E-state index contributed by atoms with van der Waals surface area (Å²) in [5.74, 6) is 1.77. The van der Waals surface area contributed by atoms with Gasteiger partial charge in [0, 0.05) is 18.1 Å². The van der Waals surface area contributed by atoms with Crippen LogP contribution in [0.15, 0.2) is 48.5 Å². The van der Waals surface area contributed by atoms with Crippen LogP contribution in [0.1, 0.15) is 23.7 Å². The van der Waals surface area contributed by atoms with Gasteiger partial charge in [-0.2, -0.15) is 0 Å². The molecule has 0 spiro atoms. The summed E-state index contributed by atoms with van der Waals surface area (Å²) in [5.41, 5.74) is 0.638. The van der Waals surface area contributed by atoms with E-state index in [-0.39, 0.29) is 18.3 Å². The number of rotatable bonds is 10. The Labute approximate surface area is 153 Å². The van der Waals surface area contributed by atoms with Crippen molar-refractivity contribution in [3.63, 3.8) is 0 Å². The van der Waals surface area contributed by atoms with Gasteiger partial charge in [0.05, 0.1) is 13.7 Å². The standard InChI is InChI=1S/C20H23NO5/c1-3-19(22)15-7-9-16(10-8-15)26-14-20(23)21-11-12-25-18-6-4-5-17(13-18)24-2/h4-10,13H,3,11-12,14H2,1-2H3,(H,21,23). The molecule has 0 radical (unpaired) electrons. The molecule has 0 bridgehead atoms. The lowest BCUT2D eigenvalue weighted by atomic mass is 10.1. The fourth-order valence-corrected chi connectivity index (χ4v) is 2.19. The number of methoxy groups -OCH3 is 1. The number of Topliss-reactive ketones (excluding diaryl/α,β-unsaturated/α-hetero) is 1. The molecule has 0 atom stereocenters. The number of ketones is 1. The Morgan fingerprint density at radius 1 is 0.962 bits per heavy atom. The number of ether oxygens (including phenoxy) is 3. The van der Waals surface area contributed by atoms with E-state index < -0.39 is 0 Å². The molecule has 0 aliphatic carbocycles. The van der Waals surface area contributed by atoms with Gasteiger partial charge in [0.2, 0.25) is 0 Å². The minimum Gasteiger partial charge on any atom is -0.497 e. The van der Waals surface area contributed by atoms with Gasteiger partial charge in [-0.15, -0.1) is 0 Å². The lowest BCUT2D eigenvalue weighted by Gasteiger charge is -2.10. The molecule has 2 aromatic rings. The topological polar surface area (TPSA) is 73.9 Å². The largest absolute Gasteiger partial charge is 0.497 e. The first-order chi connectivity index (χ1) is 12.6. The first-order valence-corrected chi connectivity index (χ1v) is 8.42. The molecule has 0 aliphatic rings. The average Bonchev–Trinajstić information content (AvgIpc) is 2.69. The van der Waals surface area contributed by atoms with E-state index in [9.17, 15) is 9.59 Å². The second-order valence-corrected chi connectivity index (χ2v) is 5.47. The van der Waals surface area contributed by atoms with Crippen LogP contribution in [0.2, 0.25) is 0 Å². The maximum Gasteiger partial charge on any atom is 0.258 e. The highest BCUT2D eigenvalue weighted by Gasteiger charge is 2.05. The van der Waals surface area contributed by atoms with Crippen molar-refractivity contribution < 1.29 is 23.8 Å². The molecular formula is C20H23NO5.